The molecule has 0 aromatic carbocycles. The molecule has 1 aliphatic rings. The molecule has 1 aliphatic carbocycles. The van der Waals surface area contributed by atoms with Crippen LogP contribution in [0, 0.1) is 5.92 Å². The third-order valence-corrected chi connectivity index (χ3v) is 2.37. The van der Waals surface area contributed by atoms with Crippen LogP contribution in [0.4, 0.5) is 0 Å². The first-order chi connectivity index (χ1) is 3.17. The van der Waals surface area contributed by atoms with E-state index in [-0.39, 0.29) is 4.33 Å². The molecule has 1 rings (SSSR count). The Kier molecular flexibility index (Phi) is 1.25. The van der Waals surface area contributed by atoms with Gasteiger partial charge in [-0.05, 0) is 12.3 Å². The van der Waals surface area contributed by atoms with Gasteiger partial charge in [-0.2, -0.15) is 0 Å². The highest BCUT2D eigenvalue weighted by molar-refractivity contribution is 6.50. The average Bonchev–Trinajstić information content (AvgIpc) is 2.13. The fraction of sp³-hybridized carbons (Fsp3) is 1.00. The Morgan fingerprint density at radius 2 is 2.14 bits per heavy atom. The molecule has 0 spiro atoms. The monoisotopic (exact) mass is 138 g/mol. The lowest BCUT2D eigenvalue weighted by molar-refractivity contribution is 0.788. The van der Waals surface area contributed by atoms with Gasteiger partial charge in [-0.15, -0.1) is 23.2 Å². The maximum Gasteiger partial charge on any atom is 0.121 e. The lowest BCUT2D eigenvalue weighted by Crippen LogP contribution is -1.85. The van der Waals surface area contributed by atoms with Gasteiger partial charge < -0.3 is 0 Å². The normalized spacial score (nSPS) is 35.6. The van der Waals surface area contributed by atoms with Gasteiger partial charge >= 0.3 is 0 Å². The minimum Gasteiger partial charge on any atom is -0.101 e. The highest BCUT2D eigenvalue weighted by atomic mass is 35.5. The fourth-order valence-corrected chi connectivity index (χ4v) is 1.39. The second-order valence-corrected chi connectivity index (χ2v) is 3.61. The maximum atomic E-state index is 5.67. The molecule has 0 heterocycles. The second-order valence-electron chi connectivity index (χ2n) is 2.07. The lowest BCUT2D eigenvalue weighted by Gasteiger charge is -1.90. The lowest BCUT2D eigenvalue weighted by atomic mass is 10.3. The summed E-state index contributed by atoms with van der Waals surface area (Å²) in [6, 6.07) is 0. The summed E-state index contributed by atoms with van der Waals surface area (Å²) in [5, 5.41) is 0. The zero-order valence-corrected chi connectivity index (χ0v) is 5.76. The first-order valence-electron chi connectivity index (χ1n) is 2.54. The van der Waals surface area contributed by atoms with Crippen LogP contribution < -0.4 is 0 Å². The highest BCUT2D eigenvalue weighted by Crippen LogP contribution is 2.54. The Balaban J connectivity index is 2.30. The Bertz CT molecular complexity index is 78.1. The van der Waals surface area contributed by atoms with Crippen LogP contribution in [0.2, 0.25) is 0 Å². The second kappa shape index (κ2) is 1.53. The number of halogens is 2. The zero-order valence-electron chi connectivity index (χ0n) is 4.25. The van der Waals surface area contributed by atoms with Crippen LogP contribution in [0.25, 0.3) is 0 Å². The molecule has 0 aromatic heterocycles. The molecule has 1 atom stereocenters. The predicted molar refractivity (Wildman–Crippen MR) is 32.8 cm³/mol. The minimum absolute atomic E-state index is 0.339. The molecule has 42 valence electrons. The van der Waals surface area contributed by atoms with Gasteiger partial charge in [0.05, 0.1) is 0 Å². The SMILES string of the molecule is CC[C@H]1CC1(Cl)Cl. The summed E-state index contributed by atoms with van der Waals surface area (Å²) < 4.78 is -0.339. The van der Waals surface area contributed by atoms with E-state index in [1.807, 2.05) is 0 Å². The fourth-order valence-electron chi connectivity index (χ4n) is 0.713. The van der Waals surface area contributed by atoms with Crippen LogP contribution in [0.15, 0.2) is 0 Å². The molecule has 0 N–H and O–H groups in total. The summed E-state index contributed by atoms with van der Waals surface area (Å²) in [5.74, 6) is 0.579. The first kappa shape index (κ1) is 5.71. The first-order valence-corrected chi connectivity index (χ1v) is 3.30. The molecule has 0 amide bonds. The number of hydrogen-bond acceptors (Lipinski definition) is 0. The molecule has 1 fully saturated rings. The van der Waals surface area contributed by atoms with Crippen molar-refractivity contribution < 1.29 is 0 Å². The summed E-state index contributed by atoms with van der Waals surface area (Å²) in [6.07, 6.45) is 2.11. The van der Waals surface area contributed by atoms with E-state index >= 15 is 0 Å². The summed E-state index contributed by atoms with van der Waals surface area (Å²) in [5.41, 5.74) is 0. The number of rotatable bonds is 1. The van der Waals surface area contributed by atoms with Gasteiger partial charge in [0, 0.05) is 0 Å². The topological polar surface area (TPSA) is 0 Å². The van der Waals surface area contributed by atoms with E-state index < -0.39 is 0 Å². The molecule has 0 radical (unpaired) electrons. The largest absolute Gasteiger partial charge is 0.121 e. The third-order valence-electron chi connectivity index (χ3n) is 1.45. The van der Waals surface area contributed by atoms with Gasteiger partial charge in [-0.25, -0.2) is 0 Å². The predicted octanol–water partition coefficient (Wildman–Crippen LogP) is 2.59. The molecular weight excluding hydrogens is 131 g/mol. The van der Waals surface area contributed by atoms with Gasteiger partial charge in [0.2, 0.25) is 0 Å². The smallest absolute Gasteiger partial charge is 0.101 e. The average molecular weight is 139 g/mol. The minimum atomic E-state index is -0.339. The van der Waals surface area contributed by atoms with Crippen molar-refractivity contribution in [2.75, 3.05) is 0 Å². The van der Waals surface area contributed by atoms with Gasteiger partial charge in [0.1, 0.15) is 4.33 Å². The Hall–Kier alpha value is 0.580. The van der Waals surface area contributed by atoms with Crippen molar-refractivity contribution in [2.24, 2.45) is 5.92 Å². The Labute approximate surface area is 53.8 Å². The highest BCUT2D eigenvalue weighted by Gasteiger charge is 2.49. The number of alkyl halides is 2. The number of hydrogen-bond donors (Lipinski definition) is 0. The quantitative estimate of drug-likeness (QED) is 0.489. The zero-order chi connectivity index (χ0) is 5.49. The van der Waals surface area contributed by atoms with Gasteiger partial charge in [0.15, 0.2) is 0 Å². The molecule has 1 saturated carbocycles. The van der Waals surface area contributed by atoms with Crippen molar-refractivity contribution in [3.05, 3.63) is 0 Å². The van der Waals surface area contributed by atoms with E-state index in [0.717, 1.165) is 12.8 Å². The standard InChI is InChI=1S/C5H8Cl2/c1-2-4-3-5(4,6)7/h4H,2-3H2,1H3/t4-/m0/s1. The van der Waals surface area contributed by atoms with Crippen molar-refractivity contribution in [2.45, 2.75) is 24.1 Å². The van der Waals surface area contributed by atoms with Crippen LogP contribution in [0.1, 0.15) is 19.8 Å². The van der Waals surface area contributed by atoms with E-state index in [2.05, 4.69) is 6.92 Å². The maximum absolute atomic E-state index is 5.67. The Morgan fingerprint density at radius 1 is 1.71 bits per heavy atom. The molecule has 0 aliphatic heterocycles. The van der Waals surface area contributed by atoms with Gasteiger partial charge in [0.25, 0.3) is 0 Å². The molecule has 0 unspecified atom stereocenters. The summed E-state index contributed by atoms with van der Waals surface area (Å²) in [7, 11) is 0. The third kappa shape index (κ3) is 1.03. The summed E-state index contributed by atoms with van der Waals surface area (Å²) >= 11 is 11.3. The van der Waals surface area contributed by atoms with Crippen molar-refractivity contribution in [1.82, 2.24) is 0 Å². The van der Waals surface area contributed by atoms with Crippen LogP contribution >= 0.6 is 23.2 Å². The van der Waals surface area contributed by atoms with Crippen LogP contribution in [0.5, 0.6) is 0 Å². The molecule has 0 nitrogen and oxygen atoms in total. The van der Waals surface area contributed by atoms with E-state index in [0.29, 0.717) is 5.92 Å². The van der Waals surface area contributed by atoms with Crippen molar-refractivity contribution in [1.29, 1.82) is 0 Å². The van der Waals surface area contributed by atoms with E-state index in [1.54, 1.807) is 0 Å². The van der Waals surface area contributed by atoms with E-state index in [1.165, 1.54) is 0 Å². The van der Waals surface area contributed by atoms with E-state index in [9.17, 15) is 0 Å². The summed E-state index contributed by atoms with van der Waals surface area (Å²) in [4.78, 5) is 0. The van der Waals surface area contributed by atoms with Crippen molar-refractivity contribution in [3.8, 4) is 0 Å². The molecule has 0 aromatic rings. The Morgan fingerprint density at radius 3 is 2.14 bits per heavy atom. The molecule has 0 bridgehead atoms. The molecule has 7 heavy (non-hydrogen) atoms. The van der Waals surface area contributed by atoms with Crippen molar-refractivity contribution >= 4 is 23.2 Å². The van der Waals surface area contributed by atoms with E-state index in [4.69, 9.17) is 23.2 Å². The van der Waals surface area contributed by atoms with Crippen molar-refractivity contribution in [3.63, 3.8) is 0 Å². The van der Waals surface area contributed by atoms with Crippen LogP contribution in [-0.4, -0.2) is 4.33 Å². The molecular formula is C5H8Cl2. The van der Waals surface area contributed by atoms with Crippen LogP contribution in [-0.2, 0) is 0 Å². The summed E-state index contributed by atoms with van der Waals surface area (Å²) in [6.45, 7) is 2.11. The van der Waals surface area contributed by atoms with Gasteiger partial charge in [-0.3, -0.25) is 0 Å². The van der Waals surface area contributed by atoms with Crippen LogP contribution in [0.3, 0.4) is 0 Å². The molecule has 0 saturated heterocycles. The molecule has 2 heteroatoms. The van der Waals surface area contributed by atoms with Gasteiger partial charge in [-0.1, -0.05) is 13.3 Å².